The first kappa shape index (κ1) is 34.4. The Morgan fingerprint density at radius 3 is 2.34 bits per heavy atom. The number of aryl methyl sites for hydroxylation is 3. The van der Waals surface area contributed by atoms with E-state index in [0.717, 1.165) is 61.1 Å². The summed E-state index contributed by atoms with van der Waals surface area (Å²) in [6, 6.07) is 22.4. The topological polar surface area (TPSA) is 101 Å². The number of amides is 1. The van der Waals surface area contributed by atoms with Crippen LogP contribution in [0.2, 0.25) is 5.02 Å². The molecule has 1 aliphatic rings. The molecule has 0 bridgehead atoms. The molecule has 1 fully saturated rings. The zero-order valence-corrected chi connectivity index (χ0v) is 28.9. The monoisotopic (exact) mass is 674 g/mol. The van der Waals surface area contributed by atoms with Crippen molar-refractivity contribution in [2.24, 2.45) is 5.92 Å². The maximum Gasteiger partial charge on any atom is 0.268 e. The van der Waals surface area contributed by atoms with Crippen LogP contribution < -0.4 is 14.4 Å². The van der Waals surface area contributed by atoms with Crippen molar-refractivity contribution in [1.82, 2.24) is 14.7 Å². The summed E-state index contributed by atoms with van der Waals surface area (Å²) in [4.78, 5) is 25.3. The summed E-state index contributed by atoms with van der Waals surface area (Å²) in [5, 5.41) is 0.675. The molecule has 5 rings (SSSR count). The molecule has 0 unspecified atom stereocenters. The fraction of sp³-hybridized carbons (Fsp3) is 0.378. The third-order valence-corrected chi connectivity index (χ3v) is 9.90. The zero-order chi connectivity index (χ0) is 33.4. The van der Waals surface area contributed by atoms with Gasteiger partial charge in [0.15, 0.2) is 0 Å². The molecule has 1 amide bonds. The van der Waals surface area contributed by atoms with Crippen LogP contribution in [0.15, 0.2) is 83.9 Å². The van der Waals surface area contributed by atoms with Crippen molar-refractivity contribution >= 4 is 33.5 Å². The standard InChI is InChI=1S/C37H43ClN4O4S/c1-4-5-7-27-11-20-32(21-12-27)47(44,45)41-36(43)33-24-39-37(42-23-6-8-35(42)29-14-16-30(38)17-15-29)40-34(33)22-13-28-9-18-31(19-10-28)46-25-26(2)3/h9-12,14-21,24,26,35H,4-8,13,22-23,25H2,1-3H3,(H,41,43)/t35-/m0/s1. The highest BCUT2D eigenvalue weighted by atomic mass is 35.5. The Hall–Kier alpha value is -3.95. The lowest BCUT2D eigenvalue weighted by Crippen LogP contribution is -2.32. The minimum atomic E-state index is -4.11. The number of hydrogen-bond donors (Lipinski definition) is 1. The minimum Gasteiger partial charge on any atom is -0.493 e. The molecule has 1 aromatic heterocycles. The van der Waals surface area contributed by atoms with Crippen LogP contribution in [0.5, 0.6) is 5.75 Å². The van der Waals surface area contributed by atoms with Gasteiger partial charge in [-0.1, -0.05) is 75.2 Å². The zero-order valence-electron chi connectivity index (χ0n) is 27.3. The Morgan fingerprint density at radius 2 is 1.66 bits per heavy atom. The SMILES string of the molecule is CCCCc1ccc(S(=O)(=O)NC(=O)c2cnc(N3CCC[C@H]3c3ccc(Cl)cc3)nc2CCc2ccc(OCC(C)C)cc2)cc1. The molecule has 1 N–H and O–H groups in total. The number of carbonyl (C=O) groups excluding carboxylic acids is 1. The number of halogens is 1. The maximum atomic E-state index is 13.6. The average Bonchev–Trinajstić information content (AvgIpc) is 3.56. The Bertz CT molecular complexity index is 1750. The average molecular weight is 675 g/mol. The van der Waals surface area contributed by atoms with Crippen molar-refractivity contribution in [1.29, 1.82) is 0 Å². The number of rotatable bonds is 14. The molecule has 1 atom stereocenters. The number of unbranched alkanes of at least 4 members (excludes halogenated alkanes) is 1. The van der Waals surface area contributed by atoms with Gasteiger partial charge in [-0.25, -0.2) is 23.1 Å². The summed E-state index contributed by atoms with van der Waals surface area (Å²) in [5.41, 5.74) is 3.84. The van der Waals surface area contributed by atoms with Crippen LogP contribution in [0, 0.1) is 5.92 Å². The van der Waals surface area contributed by atoms with E-state index in [-0.39, 0.29) is 16.5 Å². The van der Waals surface area contributed by atoms with Crippen LogP contribution in [-0.2, 0) is 29.3 Å². The van der Waals surface area contributed by atoms with Crippen LogP contribution in [0.1, 0.15) is 85.2 Å². The second kappa shape index (κ2) is 15.8. The van der Waals surface area contributed by atoms with E-state index in [4.69, 9.17) is 21.3 Å². The predicted molar refractivity (Wildman–Crippen MR) is 187 cm³/mol. The van der Waals surface area contributed by atoms with Crippen molar-refractivity contribution in [3.05, 3.63) is 112 Å². The van der Waals surface area contributed by atoms with E-state index in [1.165, 1.54) is 6.20 Å². The summed E-state index contributed by atoms with van der Waals surface area (Å²) in [6.07, 6.45) is 7.31. The largest absolute Gasteiger partial charge is 0.493 e. The van der Waals surface area contributed by atoms with Crippen LogP contribution in [-0.4, -0.2) is 37.4 Å². The quantitative estimate of drug-likeness (QED) is 0.146. The van der Waals surface area contributed by atoms with E-state index in [1.54, 1.807) is 24.3 Å². The molecule has 2 heterocycles. The van der Waals surface area contributed by atoms with Crippen molar-refractivity contribution in [3.8, 4) is 5.75 Å². The molecular formula is C37H43ClN4O4S. The van der Waals surface area contributed by atoms with Gasteiger partial charge in [0.25, 0.3) is 15.9 Å². The van der Waals surface area contributed by atoms with Crippen molar-refractivity contribution in [2.75, 3.05) is 18.1 Å². The summed E-state index contributed by atoms with van der Waals surface area (Å²) in [7, 11) is -4.11. The van der Waals surface area contributed by atoms with Gasteiger partial charge in [-0.15, -0.1) is 0 Å². The maximum absolute atomic E-state index is 13.6. The van der Waals surface area contributed by atoms with Crippen molar-refractivity contribution in [2.45, 2.75) is 76.7 Å². The number of nitrogens with one attached hydrogen (secondary N) is 1. The lowest BCUT2D eigenvalue weighted by molar-refractivity contribution is 0.0979. The molecule has 47 heavy (non-hydrogen) atoms. The number of sulfonamides is 1. The van der Waals surface area contributed by atoms with E-state index >= 15 is 0 Å². The van der Waals surface area contributed by atoms with Crippen molar-refractivity contribution < 1.29 is 17.9 Å². The summed E-state index contributed by atoms with van der Waals surface area (Å²) < 4.78 is 34.6. The first-order chi connectivity index (χ1) is 22.6. The van der Waals surface area contributed by atoms with Crippen LogP contribution in [0.3, 0.4) is 0 Å². The fourth-order valence-corrected chi connectivity index (χ4v) is 6.79. The summed E-state index contributed by atoms with van der Waals surface area (Å²) in [6.45, 7) is 7.72. The highest BCUT2D eigenvalue weighted by molar-refractivity contribution is 7.90. The molecule has 8 nitrogen and oxygen atoms in total. The molecule has 0 aliphatic carbocycles. The summed E-state index contributed by atoms with van der Waals surface area (Å²) >= 11 is 6.15. The van der Waals surface area contributed by atoms with E-state index in [0.29, 0.717) is 42.0 Å². The number of hydrogen-bond acceptors (Lipinski definition) is 7. The normalized spacial score (nSPS) is 14.8. The second-order valence-electron chi connectivity index (χ2n) is 12.5. The Labute approximate surface area is 283 Å². The minimum absolute atomic E-state index is 0.0350. The number of anilines is 1. The van der Waals surface area contributed by atoms with Crippen molar-refractivity contribution in [3.63, 3.8) is 0 Å². The molecule has 10 heteroatoms. The number of aromatic nitrogens is 2. The van der Waals surface area contributed by atoms with E-state index in [2.05, 4.69) is 35.4 Å². The Morgan fingerprint density at radius 1 is 0.979 bits per heavy atom. The molecule has 0 saturated carbocycles. The smallest absolute Gasteiger partial charge is 0.268 e. The van der Waals surface area contributed by atoms with Gasteiger partial charge < -0.3 is 9.64 Å². The van der Waals surface area contributed by atoms with Gasteiger partial charge in [-0.3, -0.25) is 4.79 Å². The predicted octanol–water partition coefficient (Wildman–Crippen LogP) is 7.75. The first-order valence-electron chi connectivity index (χ1n) is 16.4. The molecule has 0 spiro atoms. The highest BCUT2D eigenvalue weighted by Gasteiger charge is 2.30. The van der Waals surface area contributed by atoms with Gasteiger partial charge in [0, 0.05) is 17.8 Å². The van der Waals surface area contributed by atoms with Gasteiger partial charge in [0.2, 0.25) is 5.95 Å². The highest BCUT2D eigenvalue weighted by Crippen LogP contribution is 2.35. The molecule has 3 aromatic carbocycles. The Balaban J connectivity index is 1.39. The molecule has 4 aromatic rings. The fourth-order valence-electron chi connectivity index (χ4n) is 5.69. The number of nitrogens with zero attached hydrogens (tertiary/aromatic N) is 3. The molecule has 248 valence electrons. The van der Waals surface area contributed by atoms with E-state index < -0.39 is 15.9 Å². The van der Waals surface area contributed by atoms with Gasteiger partial charge in [-0.05, 0) is 97.5 Å². The first-order valence-corrected chi connectivity index (χ1v) is 18.2. The number of carbonyl (C=O) groups is 1. The van der Waals surface area contributed by atoms with Crippen LogP contribution in [0.4, 0.5) is 5.95 Å². The Kier molecular flexibility index (Phi) is 11.5. The van der Waals surface area contributed by atoms with Gasteiger partial charge in [-0.2, -0.15) is 0 Å². The summed E-state index contributed by atoms with van der Waals surface area (Å²) in [5.74, 6) is 0.986. The molecule has 1 saturated heterocycles. The van der Waals surface area contributed by atoms with E-state index in [1.807, 2.05) is 48.5 Å². The van der Waals surface area contributed by atoms with Crippen LogP contribution >= 0.6 is 11.6 Å². The molecule has 0 radical (unpaired) electrons. The third kappa shape index (κ3) is 9.11. The lowest BCUT2D eigenvalue weighted by atomic mass is 10.0. The van der Waals surface area contributed by atoms with E-state index in [9.17, 15) is 13.2 Å². The third-order valence-electron chi connectivity index (χ3n) is 8.30. The van der Waals surface area contributed by atoms with Crippen LogP contribution in [0.25, 0.3) is 0 Å². The van der Waals surface area contributed by atoms with Gasteiger partial charge in [0.1, 0.15) is 5.75 Å². The lowest BCUT2D eigenvalue weighted by Gasteiger charge is -2.26. The van der Waals surface area contributed by atoms with Gasteiger partial charge in [0.05, 0.1) is 28.8 Å². The number of benzene rings is 3. The number of ether oxygens (including phenoxy) is 1. The van der Waals surface area contributed by atoms with Gasteiger partial charge >= 0.3 is 0 Å². The molecular weight excluding hydrogens is 632 g/mol. The molecule has 1 aliphatic heterocycles. The second-order valence-corrected chi connectivity index (χ2v) is 14.6.